The summed E-state index contributed by atoms with van der Waals surface area (Å²) in [6.07, 6.45) is 3.53. The Kier molecular flexibility index (Phi) is 2.33. The summed E-state index contributed by atoms with van der Waals surface area (Å²) in [5, 5.41) is 0. The van der Waals surface area contributed by atoms with E-state index in [2.05, 4.69) is 9.97 Å². The van der Waals surface area contributed by atoms with Gasteiger partial charge in [0.2, 0.25) is 0 Å². The molecule has 4 heteroatoms. The van der Waals surface area contributed by atoms with Crippen molar-refractivity contribution in [2.75, 3.05) is 13.7 Å². The third kappa shape index (κ3) is 1.52. The predicted octanol–water partition coefficient (Wildman–Crippen LogP) is 1.95. The van der Waals surface area contributed by atoms with Crippen molar-refractivity contribution in [1.29, 1.82) is 0 Å². The van der Waals surface area contributed by atoms with Crippen molar-refractivity contribution in [3.63, 3.8) is 0 Å². The number of aromatic amines is 1. The first-order valence-corrected chi connectivity index (χ1v) is 6.02. The van der Waals surface area contributed by atoms with Crippen LogP contribution in [0, 0.1) is 0 Å². The van der Waals surface area contributed by atoms with Gasteiger partial charge in [-0.05, 0) is 25.0 Å². The molecule has 1 saturated carbocycles. The summed E-state index contributed by atoms with van der Waals surface area (Å²) in [5.41, 5.74) is 8.00. The molecular weight excluding hydrogens is 214 g/mol. The van der Waals surface area contributed by atoms with E-state index in [1.54, 1.807) is 7.11 Å². The van der Waals surface area contributed by atoms with E-state index < -0.39 is 0 Å². The Bertz CT molecular complexity index is 537. The van der Waals surface area contributed by atoms with Crippen molar-refractivity contribution in [3.05, 3.63) is 24.0 Å². The Morgan fingerprint density at radius 1 is 1.47 bits per heavy atom. The molecule has 0 unspecified atom stereocenters. The molecule has 1 aromatic heterocycles. The number of imidazole rings is 1. The van der Waals surface area contributed by atoms with E-state index in [4.69, 9.17) is 10.5 Å². The van der Waals surface area contributed by atoms with Gasteiger partial charge in [-0.2, -0.15) is 0 Å². The van der Waals surface area contributed by atoms with Crippen LogP contribution in [0.15, 0.2) is 18.2 Å². The van der Waals surface area contributed by atoms with Gasteiger partial charge in [-0.1, -0.05) is 6.42 Å². The van der Waals surface area contributed by atoms with E-state index in [0.717, 1.165) is 35.4 Å². The number of nitrogens with one attached hydrogen (secondary N) is 1. The summed E-state index contributed by atoms with van der Waals surface area (Å²) in [4.78, 5) is 8.05. The Morgan fingerprint density at radius 3 is 2.88 bits per heavy atom. The van der Waals surface area contributed by atoms with Crippen LogP contribution >= 0.6 is 0 Å². The maximum atomic E-state index is 5.89. The molecule has 1 aromatic carbocycles. The van der Waals surface area contributed by atoms with E-state index in [0.29, 0.717) is 6.54 Å². The van der Waals surface area contributed by atoms with Gasteiger partial charge < -0.3 is 15.5 Å². The number of hydrogen-bond donors (Lipinski definition) is 2. The normalized spacial score (nSPS) is 18.0. The van der Waals surface area contributed by atoms with Crippen LogP contribution in [0.5, 0.6) is 5.75 Å². The van der Waals surface area contributed by atoms with Crippen LogP contribution in [-0.4, -0.2) is 23.6 Å². The van der Waals surface area contributed by atoms with E-state index >= 15 is 0 Å². The second-order valence-electron chi connectivity index (χ2n) is 4.81. The van der Waals surface area contributed by atoms with Gasteiger partial charge in [0.25, 0.3) is 0 Å². The lowest BCUT2D eigenvalue weighted by molar-refractivity contribution is 0.240. The third-order valence-corrected chi connectivity index (χ3v) is 3.89. The Morgan fingerprint density at radius 2 is 2.29 bits per heavy atom. The Hall–Kier alpha value is -1.55. The van der Waals surface area contributed by atoms with Crippen molar-refractivity contribution >= 4 is 11.0 Å². The number of rotatable bonds is 3. The van der Waals surface area contributed by atoms with Gasteiger partial charge in [0.1, 0.15) is 11.6 Å². The van der Waals surface area contributed by atoms with Gasteiger partial charge in [-0.15, -0.1) is 0 Å². The molecule has 1 heterocycles. The number of hydrogen-bond acceptors (Lipinski definition) is 3. The van der Waals surface area contributed by atoms with Crippen LogP contribution in [0.4, 0.5) is 0 Å². The SMILES string of the molecule is COc1ccc2nc(C3(CN)CCC3)[nH]c2c1. The fourth-order valence-corrected chi connectivity index (χ4v) is 2.51. The standard InChI is InChI=1S/C13H17N3O/c1-17-9-3-4-10-11(7-9)16-12(15-10)13(8-14)5-2-6-13/h3-4,7H,2,5-6,8,14H2,1H3,(H,15,16). The number of H-pyrrole nitrogens is 1. The first kappa shape index (κ1) is 10.6. The van der Waals surface area contributed by atoms with E-state index in [9.17, 15) is 0 Å². The van der Waals surface area contributed by atoms with Gasteiger partial charge in [-0.25, -0.2) is 4.98 Å². The highest BCUT2D eigenvalue weighted by atomic mass is 16.5. The van der Waals surface area contributed by atoms with Crippen LogP contribution in [0.2, 0.25) is 0 Å². The van der Waals surface area contributed by atoms with Crippen LogP contribution in [0.1, 0.15) is 25.1 Å². The minimum Gasteiger partial charge on any atom is -0.497 e. The van der Waals surface area contributed by atoms with Crippen LogP contribution in [-0.2, 0) is 5.41 Å². The minimum atomic E-state index is 0.0895. The van der Waals surface area contributed by atoms with Gasteiger partial charge in [0, 0.05) is 18.0 Å². The molecule has 1 fully saturated rings. The molecule has 0 saturated heterocycles. The molecule has 0 bridgehead atoms. The average Bonchev–Trinajstić information content (AvgIpc) is 2.70. The molecule has 0 amide bonds. The first-order valence-electron chi connectivity index (χ1n) is 6.02. The smallest absolute Gasteiger partial charge is 0.121 e. The molecule has 4 nitrogen and oxygen atoms in total. The summed E-state index contributed by atoms with van der Waals surface area (Å²) < 4.78 is 5.21. The molecule has 0 radical (unpaired) electrons. The summed E-state index contributed by atoms with van der Waals surface area (Å²) in [7, 11) is 1.67. The number of nitrogens with zero attached hydrogens (tertiary/aromatic N) is 1. The fraction of sp³-hybridized carbons (Fsp3) is 0.462. The number of ether oxygens (including phenoxy) is 1. The maximum absolute atomic E-state index is 5.89. The van der Waals surface area contributed by atoms with Crippen LogP contribution in [0.3, 0.4) is 0 Å². The van der Waals surface area contributed by atoms with E-state index in [1.807, 2.05) is 18.2 Å². The fourth-order valence-electron chi connectivity index (χ4n) is 2.51. The molecule has 3 rings (SSSR count). The second-order valence-corrected chi connectivity index (χ2v) is 4.81. The summed E-state index contributed by atoms with van der Waals surface area (Å²) in [6.45, 7) is 0.671. The first-order chi connectivity index (χ1) is 8.27. The molecule has 1 aliphatic rings. The predicted molar refractivity (Wildman–Crippen MR) is 67.2 cm³/mol. The third-order valence-electron chi connectivity index (χ3n) is 3.89. The van der Waals surface area contributed by atoms with E-state index in [-0.39, 0.29) is 5.41 Å². The van der Waals surface area contributed by atoms with Gasteiger partial charge in [0.05, 0.1) is 18.1 Å². The largest absolute Gasteiger partial charge is 0.497 e. The molecule has 2 aromatic rings. The summed E-state index contributed by atoms with van der Waals surface area (Å²) in [6, 6.07) is 5.90. The maximum Gasteiger partial charge on any atom is 0.121 e. The van der Waals surface area contributed by atoms with Gasteiger partial charge in [-0.3, -0.25) is 0 Å². The molecule has 3 N–H and O–H groups in total. The topological polar surface area (TPSA) is 63.9 Å². The Labute approximate surface area is 100 Å². The summed E-state index contributed by atoms with van der Waals surface area (Å²) in [5.74, 6) is 1.89. The lowest BCUT2D eigenvalue weighted by Gasteiger charge is -2.38. The van der Waals surface area contributed by atoms with Crippen LogP contribution in [0.25, 0.3) is 11.0 Å². The minimum absolute atomic E-state index is 0.0895. The van der Waals surface area contributed by atoms with Gasteiger partial charge >= 0.3 is 0 Å². The zero-order chi connectivity index (χ0) is 11.9. The highest BCUT2D eigenvalue weighted by Gasteiger charge is 2.40. The van der Waals surface area contributed by atoms with Crippen molar-refractivity contribution < 1.29 is 4.74 Å². The molecule has 0 aliphatic heterocycles. The Balaban J connectivity index is 2.07. The number of fused-ring (bicyclic) bond motifs is 1. The zero-order valence-electron chi connectivity index (χ0n) is 9.99. The second kappa shape index (κ2) is 3.74. The number of nitrogens with two attached hydrogens (primary N) is 1. The highest BCUT2D eigenvalue weighted by Crippen LogP contribution is 2.42. The monoisotopic (exact) mass is 231 g/mol. The molecular formula is C13H17N3O. The van der Waals surface area contributed by atoms with E-state index in [1.165, 1.54) is 6.42 Å². The lowest BCUT2D eigenvalue weighted by Crippen LogP contribution is -2.42. The highest BCUT2D eigenvalue weighted by molar-refractivity contribution is 5.77. The number of aromatic nitrogens is 2. The lowest BCUT2D eigenvalue weighted by atomic mass is 9.68. The molecule has 0 atom stereocenters. The molecule has 17 heavy (non-hydrogen) atoms. The average molecular weight is 231 g/mol. The van der Waals surface area contributed by atoms with Crippen molar-refractivity contribution in [3.8, 4) is 5.75 Å². The quantitative estimate of drug-likeness (QED) is 0.848. The van der Waals surface area contributed by atoms with Gasteiger partial charge in [0.15, 0.2) is 0 Å². The summed E-state index contributed by atoms with van der Waals surface area (Å²) >= 11 is 0. The molecule has 0 spiro atoms. The number of methoxy groups -OCH3 is 1. The molecule has 1 aliphatic carbocycles. The van der Waals surface area contributed by atoms with Crippen molar-refractivity contribution in [1.82, 2.24) is 9.97 Å². The number of benzene rings is 1. The molecule has 90 valence electrons. The zero-order valence-corrected chi connectivity index (χ0v) is 9.99. The van der Waals surface area contributed by atoms with Crippen molar-refractivity contribution in [2.45, 2.75) is 24.7 Å². The van der Waals surface area contributed by atoms with Crippen molar-refractivity contribution in [2.24, 2.45) is 5.73 Å². The van der Waals surface area contributed by atoms with Crippen LogP contribution < -0.4 is 10.5 Å².